The van der Waals surface area contributed by atoms with E-state index in [9.17, 15) is 0 Å². The van der Waals surface area contributed by atoms with Gasteiger partial charge in [0, 0.05) is 12.0 Å². The Morgan fingerprint density at radius 3 is 2.14 bits per heavy atom. The fourth-order valence-corrected chi connectivity index (χ4v) is 1.41. The number of hydrogen-bond acceptors (Lipinski definition) is 1. The zero-order valence-electron chi connectivity index (χ0n) is 11.0. The number of quaternary nitrogens is 1. The van der Waals surface area contributed by atoms with Crippen molar-refractivity contribution in [2.45, 2.75) is 45.6 Å². The Morgan fingerprint density at radius 2 is 1.71 bits per heavy atom. The summed E-state index contributed by atoms with van der Waals surface area (Å²) in [5, 5.41) is 3.36. The highest BCUT2D eigenvalue weighted by molar-refractivity contribution is 4.74. The first kappa shape index (κ1) is 13.9. The third-order valence-corrected chi connectivity index (χ3v) is 3.14. The minimum atomic E-state index is 0.279. The normalized spacial score (nSPS) is 13.3. The average molecular weight is 201 g/mol. The fourth-order valence-electron chi connectivity index (χ4n) is 1.41. The summed E-state index contributed by atoms with van der Waals surface area (Å²) >= 11 is 0. The van der Waals surface area contributed by atoms with Gasteiger partial charge in [0.05, 0.1) is 27.2 Å². The summed E-state index contributed by atoms with van der Waals surface area (Å²) < 4.78 is 1.15. The maximum atomic E-state index is 3.36. The van der Waals surface area contributed by atoms with Crippen LogP contribution in [-0.4, -0.2) is 44.3 Å². The van der Waals surface area contributed by atoms with Crippen molar-refractivity contribution in [3.8, 4) is 0 Å². The molecular formula is C12H29N2+. The molecule has 14 heavy (non-hydrogen) atoms. The molecule has 0 aromatic heterocycles. The van der Waals surface area contributed by atoms with Crippen LogP contribution in [0.3, 0.4) is 0 Å². The molecule has 0 amide bonds. The molecule has 86 valence electrons. The predicted molar refractivity (Wildman–Crippen MR) is 64.5 cm³/mol. The smallest absolute Gasteiger partial charge is 0.0800 e. The van der Waals surface area contributed by atoms with Crippen LogP contribution in [0.1, 0.15) is 40.0 Å². The van der Waals surface area contributed by atoms with Crippen LogP contribution in [0.2, 0.25) is 0 Å². The van der Waals surface area contributed by atoms with E-state index < -0.39 is 0 Å². The summed E-state index contributed by atoms with van der Waals surface area (Å²) in [4.78, 5) is 0. The van der Waals surface area contributed by atoms with Crippen LogP contribution >= 0.6 is 0 Å². The van der Waals surface area contributed by atoms with E-state index in [1.54, 1.807) is 0 Å². The molecule has 0 saturated heterocycles. The van der Waals surface area contributed by atoms with Gasteiger partial charge in [-0.3, -0.25) is 0 Å². The van der Waals surface area contributed by atoms with Gasteiger partial charge in [0.1, 0.15) is 0 Å². The molecule has 0 atom stereocenters. The Labute approximate surface area is 90.3 Å². The molecule has 0 aliphatic rings. The van der Waals surface area contributed by atoms with Crippen LogP contribution in [-0.2, 0) is 0 Å². The molecule has 0 fully saturated rings. The quantitative estimate of drug-likeness (QED) is 0.623. The van der Waals surface area contributed by atoms with Gasteiger partial charge < -0.3 is 9.80 Å². The second kappa shape index (κ2) is 5.72. The molecule has 2 heteroatoms. The zero-order valence-corrected chi connectivity index (χ0v) is 11.0. The van der Waals surface area contributed by atoms with Crippen molar-refractivity contribution in [2.24, 2.45) is 0 Å². The Bertz CT molecular complexity index is 150. The van der Waals surface area contributed by atoms with Crippen molar-refractivity contribution in [1.82, 2.24) is 5.32 Å². The number of hydrogen-bond donors (Lipinski definition) is 1. The summed E-state index contributed by atoms with van der Waals surface area (Å²) in [7, 11) is 6.72. The number of rotatable bonds is 7. The van der Waals surface area contributed by atoms with E-state index in [1.807, 2.05) is 7.05 Å². The van der Waals surface area contributed by atoms with Crippen molar-refractivity contribution in [3.63, 3.8) is 0 Å². The van der Waals surface area contributed by atoms with Crippen LogP contribution in [0.15, 0.2) is 0 Å². The maximum absolute atomic E-state index is 3.36. The van der Waals surface area contributed by atoms with E-state index in [4.69, 9.17) is 0 Å². The van der Waals surface area contributed by atoms with Crippen LogP contribution < -0.4 is 5.32 Å². The average Bonchev–Trinajstić information content (AvgIpc) is 2.12. The third kappa shape index (κ3) is 6.39. The summed E-state index contributed by atoms with van der Waals surface area (Å²) in [6.07, 6.45) is 3.88. The molecule has 0 spiro atoms. The fraction of sp³-hybridized carbons (Fsp3) is 1.00. The largest absolute Gasteiger partial charge is 0.328 e. The Kier molecular flexibility index (Phi) is 5.68. The molecule has 0 aliphatic heterocycles. The standard InChI is InChI=1S/C12H29N2/c1-7-8-10-14(5,6)11-9-12(2,3)13-4/h13H,7-11H2,1-6H3/q+1. The first-order valence-electron chi connectivity index (χ1n) is 5.84. The van der Waals surface area contributed by atoms with Gasteiger partial charge in [0.25, 0.3) is 0 Å². The lowest BCUT2D eigenvalue weighted by Crippen LogP contribution is -2.46. The molecule has 0 radical (unpaired) electrons. The van der Waals surface area contributed by atoms with Gasteiger partial charge in [0.15, 0.2) is 0 Å². The molecule has 1 N–H and O–H groups in total. The summed E-state index contributed by atoms with van der Waals surface area (Å²) in [5.41, 5.74) is 0.279. The SMILES string of the molecule is CCCC[N+](C)(C)CCC(C)(C)NC. The van der Waals surface area contributed by atoms with E-state index >= 15 is 0 Å². The van der Waals surface area contributed by atoms with Gasteiger partial charge in [0.2, 0.25) is 0 Å². The third-order valence-electron chi connectivity index (χ3n) is 3.14. The van der Waals surface area contributed by atoms with Crippen molar-refractivity contribution in [2.75, 3.05) is 34.2 Å². The van der Waals surface area contributed by atoms with E-state index in [-0.39, 0.29) is 5.54 Å². The Balaban J connectivity index is 3.85. The minimum absolute atomic E-state index is 0.279. The van der Waals surface area contributed by atoms with E-state index in [0.29, 0.717) is 0 Å². The lowest BCUT2D eigenvalue weighted by molar-refractivity contribution is -0.891. The van der Waals surface area contributed by atoms with Crippen LogP contribution in [0.4, 0.5) is 0 Å². The second-order valence-electron chi connectivity index (χ2n) is 5.62. The van der Waals surface area contributed by atoms with Crippen LogP contribution in [0, 0.1) is 0 Å². The lowest BCUT2D eigenvalue weighted by atomic mass is 10.0. The van der Waals surface area contributed by atoms with Gasteiger partial charge in [-0.2, -0.15) is 0 Å². The number of unbranched alkanes of at least 4 members (excludes halogenated alkanes) is 1. The van der Waals surface area contributed by atoms with E-state index in [2.05, 4.69) is 40.2 Å². The highest BCUT2D eigenvalue weighted by Gasteiger charge is 2.21. The molecule has 0 unspecified atom stereocenters. The molecule has 0 saturated carbocycles. The van der Waals surface area contributed by atoms with Gasteiger partial charge in [-0.25, -0.2) is 0 Å². The van der Waals surface area contributed by atoms with E-state index in [1.165, 1.54) is 32.4 Å². The van der Waals surface area contributed by atoms with E-state index in [0.717, 1.165) is 4.48 Å². The van der Waals surface area contributed by atoms with Crippen molar-refractivity contribution in [3.05, 3.63) is 0 Å². The monoisotopic (exact) mass is 201 g/mol. The van der Waals surface area contributed by atoms with Crippen LogP contribution in [0.5, 0.6) is 0 Å². The summed E-state index contributed by atoms with van der Waals surface area (Å²) in [6.45, 7) is 9.36. The molecule has 0 bridgehead atoms. The van der Waals surface area contributed by atoms with Gasteiger partial charge in [-0.15, -0.1) is 0 Å². The van der Waals surface area contributed by atoms with Crippen molar-refractivity contribution >= 4 is 0 Å². The summed E-state index contributed by atoms with van der Waals surface area (Å²) in [6, 6.07) is 0. The maximum Gasteiger partial charge on any atom is 0.0800 e. The highest BCUT2D eigenvalue weighted by Crippen LogP contribution is 2.11. The highest BCUT2D eigenvalue weighted by atomic mass is 15.3. The first-order valence-corrected chi connectivity index (χ1v) is 5.84. The first-order chi connectivity index (χ1) is 6.33. The molecule has 0 heterocycles. The summed E-state index contributed by atoms with van der Waals surface area (Å²) in [5.74, 6) is 0. The second-order valence-corrected chi connectivity index (χ2v) is 5.62. The number of nitrogens with zero attached hydrogens (tertiary/aromatic N) is 1. The zero-order chi connectivity index (χ0) is 11.2. The number of nitrogens with one attached hydrogen (secondary N) is 1. The van der Waals surface area contributed by atoms with Gasteiger partial charge in [-0.1, -0.05) is 13.3 Å². The topological polar surface area (TPSA) is 12.0 Å². The molecule has 0 aromatic rings. The van der Waals surface area contributed by atoms with Crippen LogP contribution in [0.25, 0.3) is 0 Å². The molecular weight excluding hydrogens is 172 g/mol. The van der Waals surface area contributed by atoms with Gasteiger partial charge >= 0.3 is 0 Å². The molecule has 0 aliphatic carbocycles. The predicted octanol–water partition coefficient (Wildman–Crippen LogP) is 2.25. The van der Waals surface area contributed by atoms with Gasteiger partial charge in [-0.05, 0) is 27.3 Å². The molecule has 0 aromatic carbocycles. The van der Waals surface area contributed by atoms with Crippen molar-refractivity contribution < 1.29 is 4.48 Å². The molecule has 0 rings (SSSR count). The lowest BCUT2D eigenvalue weighted by Gasteiger charge is -2.34. The Hall–Kier alpha value is -0.0800. The minimum Gasteiger partial charge on any atom is -0.328 e. The van der Waals surface area contributed by atoms with Crippen molar-refractivity contribution in [1.29, 1.82) is 0 Å². The molecule has 2 nitrogen and oxygen atoms in total. The Morgan fingerprint density at radius 1 is 1.14 bits per heavy atom.